The summed E-state index contributed by atoms with van der Waals surface area (Å²) in [6.45, 7) is 1.11. The van der Waals surface area contributed by atoms with Crippen LogP contribution in [0.2, 0.25) is 0 Å². The molecule has 9 nitrogen and oxygen atoms in total. The number of nitro groups is 1. The third kappa shape index (κ3) is 3.24. The molecule has 0 bridgehead atoms. The molecule has 3 N–H and O–H groups in total. The van der Waals surface area contributed by atoms with E-state index in [9.17, 15) is 23.3 Å². The van der Waals surface area contributed by atoms with Gasteiger partial charge in [0.25, 0.3) is 5.69 Å². The van der Waals surface area contributed by atoms with Gasteiger partial charge in [-0.25, -0.2) is 13.2 Å². The minimum atomic E-state index is -4.38. The fourth-order valence-corrected chi connectivity index (χ4v) is 2.69. The first kappa shape index (κ1) is 15.0. The first-order chi connectivity index (χ1) is 8.66. The maximum atomic E-state index is 11.8. The number of hydrogen-bond donors (Lipinski definition) is 3. The van der Waals surface area contributed by atoms with Crippen LogP contribution in [0.15, 0.2) is 23.1 Å². The molecule has 19 heavy (non-hydrogen) atoms. The molecule has 0 spiro atoms. The molecule has 0 aliphatic carbocycles. The highest BCUT2D eigenvalue weighted by Crippen LogP contribution is 2.25. The van der Waals surface area contributed by atoms with Crippen LogP contribution in [0.25, 0.3) is 0 Å². The summed E-state index contributed by atoms with van der Waals surface area (Å²) in [5, 5.41) is 28.6. The zero-order valence-electron chi connectivity index (χ0n) is 9.60. The Bertz CT molecular complexity index is 623. The number of carboxylic acid groups (broad SMARTS) is 1. The molecule has 1 rings (SSSR count). The molecule has 0 heterocycles. The van der Waals surface area contributed by atoms with E-state index in [0.29, 0.717) is 0 Å². The molecule has 1 unspecified atom stereocenters. The van der Waals surface area contributed by atoms with Crippen LogP contribution in [0.4, 0.5) is 5.69 Å². The molecule has 1 aromatic carbocycles. The van der Waals surface area contributed by atoms with Crippen molar-refractivity contribution in [1.82, 2.24) is 4.72 Å². The molecule has 0 saturated carbocycles. The van der Waals surface area contributed by atoms with Gasteiger partial charge in [0.15, 0.2) is 5.56 Å². The second kappa shape index (κ2) is 5.30. The molecule has 104 valence electrons. The first-order valence-electron chi connectivity index (χ1n) is 4.88. The van der Waals surface area contributed by atoms with Gasteiger partial charge in [0, 0.05) is 6.07 Å². The predicted octanol–water partition coefficient (Wildman–Crippen LogP) is -0.0904. The lowest BCUT2D eigenvalue weighted by Crippen LogP contribution is -2.33. The molecule has 0 aliphatic rings. The highest BCUT2D eigenvalue weighted by Gasteiger charge is 2.30. The average Bonchev–Trinajstić information content (AvgIpc) is 2.25. The van der Waals surface area contributed by atoms with Crippen molar-refractivity contribution in [3.8, 4) is 0 Å². The Morgan fingerprint density at radius 1 is 1.47 bits per heavy atom. The normalized spacial score (nSPS) is 12.9. The van der Waals surface area contributed by atoms with E-state index in [1.165, 1.54) is 0 Å². The van der Waals surface area contributed by atoms with E-state index < -0.39 is 43.3 Å². The molecule has 0 saturated heterocycles. The Morgan fingerprint density at radius 2 is 2.05 bits per heavy atom. The van der Waals surface area contributed by atoms with E-state index in [1.54, 1.807) is 4.72 Å². The zero-order chi connectivity index (χ0) is 14.8. The van der Waals surface area contributed by atoms with E-state index in [4.69, 9.17) is 10.2 Å². The van der Waals surface area contributed by atoms with Gasteiger partial charge in [-0.05, 0) is 13.0 Å². The summed E-state index contributed by atoms with van der Waals surface area (Å²) in [5.41, 5.74) is -1.80. The van der Waals surface area contributed by atoms with Crippen molar-refractivity contribution in [2.75, 3.05) is 0 Å². The van der Waals surface area contributed by atoms with E-state index >= 15 is 0 Å². The third-order valence-electron chi connectivity index (χ3n) is 2.03. The van der Waals surface area contributed by atoms with Gasteiger partial charge in [0.05, 0.1) is 4.92 Å². The summed E-state index contributed by atoms with van der Waals surface area (Å²) < 4.78 is 25.3. The highest BCUT2D eigenvalue weighted by molar-refractivity contribution is 7.89. The number of aromatic carboxylic acids is 1. The molecule has 0 radical (unpaired) electrons. The standard InChI is InChI=1S/C9H10N2O7S/c1-5(12)10-19(17,18)7-4-2-3-6(11(15)16)8(7)9(13)14/h2-5,10,12H,1H3,(H,13,14). The van der Waals surface area contributed by atoms with Crippen LogP contribution in [0.1, 0.15) is 17.3 Å². The fourth-order valence-electron chi connectivity index (χ4n) is 1.40. The molecule has 0 amide bonds. The first-order valence-corrected chi connectivity index (χ1v) is 6.36. The van der Waals surface area contributed by atoms with E-state index in [1.807, 2.05) is 0 Å². The van der Waals surface area contributed by atoms with Crippen molar-refractivity contribution < 1.29 is 28.3 Å². The summed E-state index contributed by atoms with van der Waals surface area (Å²) in [4.78, 5) is 19.9. The number of carboxylic acids is 1. The van der Waals surface area contributed by atoms with Gasteiger partial charge >= 0.3 is 5.97 Å². The average molecular weight is 290 g/mol. The van der Waals surface area contributed by atoms with Crippen molar-refractivity contribution in [2.24, 2.45) is 0 Å². The van der Waals surface area contributed by atoms with E-state index in [0.717, 1.165) is 25.1 Å². The number of sulfonamides is 1. The van der Waals surface area contributed by atoms with E-state index in [2.05, 4.69) is 0 Å². The Balaban J connectivity index is 3.57. The highest BCUT2D eigenvalue weighted by atomic mass is 32.2. The smallest absolute Gasteiger partial charge is 0.344 e. The largest absolute Gasteiger partial charge is 0.477 e. The number of aliphatic hydroxyl groups excluding tert-OH is 1. The molecule has 10 heteroatoms. The van der Waals surface area contributed by atoms with Gasteiger partial charge in [0.2, 0.25) is 10.0 Å². The van der Waals surface area contributed by atoms with Gasteiger partial charge in [-0.1, -0.05) is 6.07 Å². The van der Waals surface area contributed by atoms with Crippen molar-refractivity contribution in [3.63, 3.8) is 0 Å². The lowest BCUT2D eigenvalue weighted by atomic mass is 10.2. The number of carbonyl (C=O) groups is 1. The molecule has 1 aromatic rings. The lowest BCUT2D eigenvalue weighted by Gasteiger charge is -2.10. The Morgan fingerprint density at radius 3 is 2.47 bits per heavy atom. The summed E-state index contributed by atoms with van der Waals surface area (Å²) in [6, 6.07) is 2.83. The van der Waals surface area contributed by atoms with Crippen molar-refractivity contribution >= 4 is 21.7 Å². The van der Waals surface area contributed by atoms with Crippen LogP contribution in [-0.2, 0) is 10.0 Å². The molecule has 0 fully saturated rings. The van der Waals surface area contributed by atoms with Gasteiger partial charge in [-0.15, -0.1) is 0 Å². The number of nitrogens with zero attached hydrogens (tertiary/aromatic N) is 1. The van der Waals surface area contributed by atoms with Gasteiger partial charge < -0.3 is 10.2 Å². The predicted molar refractivity (Wildman–Crippen MR) is 62.1 cm³/mol. The second-order valence-electron chi connectivity index (χ2n) is 3.51. The number of aliphatic hydroxyl groups is 1. The van der Waals surface area contributed by atoms with Gasteiger partial charge in [-0.2, -0.15) is 4.72 Å². The maximum absolute atomic E-state index is 11.8. The van der Waals surface area contributed by atoms with Crippen LogP contribution in [0, 0.1) is 10.1 Å². The van der Waals surface area contributed by atoms with Crippen LogP contribution < -0.4 is 4.72 Å². The topological polar surface area (TPSA) is 147 Å². The monoisotopic (exact) mass is 290 g/mol. The number of hydrogen-bond acceptors (Lipinski definition) is 6. The number of nitro benzene ring substituents is 1. The second-order valence-corrected chi connectivity index (χ2v) is 5.19. The summed E-state index contributed by atoms with van der Waals surface area (Å²) in [6.07, 6.45) is -1.47. The molecule has 0 aliphatic heterocycles. The third-order valence-corrected chi connectivity index (χ3v) is 3.60. The maximum Gasteiger partial charge on any atom is 0.344 e. The van der Waals surface area contributed by atoms with Crippen molar-refractivity contribution in [1.29, 1.82) is 0 Å². The van der Waals surface area contributed by atoms with Gasteiger partial charge in [-0.3, -0.25) is 10.1 Å². The zero-order valence-corrected chi connectivity index (χ0v) is 10.4. The SMILES string of the molecule is CC(O)NS(=O)(=O)c1cccc([N+](=O)[O-])c1C(=O)O. The van der Waals surface area contributed by atoms with Crippen LogP contribution in [-0.4, -0.2) is 35.8 Å². The summed E-state index contributed by atoms with van der Waals surface area (Å²) >= 11 is 0. The molecular formula is C9H10N2O7S. The lowest BCUT2D eigenvalue weighted by molar-refractivity contribution is -0.385. The number of benzene rings is 1. The Kier molecular flexibility index (Phi) is 4.19. The van der Waals surface area contributed by atoms with Crippen LogP contribution in [0.5, 0.6) is 0 Å². The minimum Gasteiger partial charge on any atom is -0.477 e. The molecule has 0 aromatic heterocycles. The summed E-state index contributed by atoms with van der Waals surface area (Å²) in [7, 11) is -4.38. The Labute approximate surface area is 107 Å². The van der Waals surface area contributed by atoms with Gasteiger partial charge in [0.1, 0.15) is 11.1 Å². The molecular weight excluding hydrogens is 280 g/mol. The quantitative estimate of drug-likeness (QED) is 0.390. The number of rotatable bonds is 5. The van der Waals surface area contributed by atoms with Crippen LogP contribution >= 0.6 is 0 Å². The van der Waals surface area contributed by atoms with Crippen molar-refractivity contribution in [3.05, 3.63) is 33.9 Å². The van der Waals surface area contributed by atoms with Crippen LogP contribution in [0.3, 0.4) is 0 Å². The van der Waals surface area contributed by atoms with Crippen molar-refractivity contribution in [2.45, 2.75) is 18.0 Å². The fraction of sp³-hybridized carbons (Fsp3) is 0.222. The minimum absolute atomic E-state index is 0.782. The number of nitrogens with one attached hydrogen (secondary N) is 1. The van der Waals surface area contributed by atoms with E-state index in [-0.39, 0.29) is 0 Å². The summed E-state index contributed by atoms with van der Waals surface area (Å²) in [5.74, 6) is -1.75. The Hall–Kier alpha value is -2.04. The molecule has 1 atom stereocenters.